The third-order valence-electron chi connectivity index (χ3n) is 2.15. The van der Waals surface area contributed by atoms with Crippen molar-refractivity contribution in [2.24, 2.45) is 0 Å². The van der Waals surface area contributed by atoms with Gasteiger partial charge >= 0.3 is 0 Å². The molecule has 0 atom stereocenters. The first kappa shape index (κ1) is 8.23. The number of hydrogen-bond donors (Lipinski definition) is 0. The SMILES string of the molecule is Cc1cc(C(C)C)nc2ccnn12. The summed E-state index contributed by atoms with van der Waals surface area (Å²) >= 11 is 0. The lowest BCUT2D eigenvalue weighted by molar-refractivity contribution is 0.796. The number of aryl methyl sites for hydroxylation is 1. The summed E-state index contributed by atoms with van der Waals surface area (Å²) in [6, 6.07) is 4.02. The van der Waals surface area contributed by atoms with E-state index in [4.69, 9.17) is 0 Å². The first-order valence-electron chi connectivity index (χ1n) is 4.50. The zero-order valence-electron chi connectivity index (χ0n) is 8.15. The van der Waals surface area contributed by atoms with Crippen molar-refractivity contribution < 1.29 is 0 Å². The molecule has 3 nitrogen and oxygen atoms in total. The van der Waals surface area contributed by atoms with E-state index in [1.54, 1.807) is 6.20 Å². The van der Waals surface area contributed by atoms with Crippen LogP contribution in [0.1, 0.15) is 31.2 Å². The van der Waals surface area contributed by atoms with E-state index >= 15 is 0 Å². The van der Waals surface area contributed by atoms with Crippen molar-refractivity contribution in [1.29, 1.82) is 0 Å². The zero-order valence-corrected chi connectivity index (χ0v) is 8.15. The van der Waals surface area contributed by atoms with Gasteiger partial charge < -0.3 is 0 Å². The van der Waals surface area contributed by atoms with Gasteiger partial charge in [-0.3, -0.25) is 0 Å². The minimum absolute atomic E-state index is 0.471. The summed E-state index contributed by atoms with van der Waals surface area (Å²) in [7, 11) is 0. The first-order chi connectivity index (χ1) is 6.18. The van der Waals surface area contributed by atoms with Crippen LogP contribution in [0.3, 0.4) is 0 Å². The van der Waals surface area contributed by atoms with Crippen molar-refractivity contribution in [3.05, 3.63) is 29.7 Å². The van der Waals surface area contributed by atoms with Gasteiger partial charge in [-0.15, -0.1) is 0 Å². The Bertz CT molecular complexity index is 429. The summed E-state index contributed by atoms with van der Waals surface area (Å²) in [5.74, 6) is 0.471. The van der Waals surface area contributed by atoms with Crippen LogP contribution in [0.4, 0.5) is 0 Å². The van der Waals surface area contributed by atoms with Crippen molar-refractivity contribution >= 4 is 5.65 Å². The van der Waals surface area contributed by atoms with Gasteiger partial charge in [0.15, 0.2) is 5.65 Å². The number of fused-ring (bicyclic) bond motifs is 1. The maximum Gasteiger partial charge on any atom is 0.155 e. The normalized spacial score (nSPS) is 11.4. The van der Waals surface area contributed by atoms with Crippen LogP contribution >= 0.6 is 0 Å². The van der Waals surface area contributed by atoms with Gasteiger partial charge in [0.25, 0.3) is 0 Å². The van der Waals surface area contributed by atoms with E-state index in [-0.39, 0.29) is 0 Å². The standard InChI is InChI=1S/C10H13N3/c1-7(2)9-6-8(3)13-10(12-9)4-5-11-13/h4-7H,1-3H3. The lowest BCUT2D eigenvalue weighted by Crippen LogP contribution is -2.00. The molecule has 3 heteroatoms. The van der Waals surface area contributed by atoms with Gasteiger partial charge in [0.2, 0.25) is 0 Å². The summed E-state index contributed by atoms with van der Waals surface area (Å²) in [4.78, 5) is 4.50. The van der Waals surface area contributed by atoms with Crippen LogP contribution in [0.15, 0.2) is 18.3 Å². The Morgan fingerprint density at radius 3 is 2.85 bits per heavy atom. The second-order valence-corrected chi connectivity index (χ2v) is 3.58. The molecule has 13 heavy (non-hydrogen) atoms. The zero-order chi connectivity index (χ0) is 9.42. The molecule has 2 rings (SSSR count). The Labute approximate surface area is 77.4 Å². The Morgan fingerprint density at radius 1 is 1.38 bits per heavy atom. The average Bonchev–Trinajstić information content (AvgIpc) is 2.51. The minimum atomic E-state index is 0.471. The van der Waals surface area contributed by atoms with Crippen molar-refractivity contribution in [3.8, 4) is 0 Å². The highest BCUT2D eigenvalue weighted by atomic mass is 15.2. The van der Waals surface area contributed by atoms with E-state index in [0.717, 1.165) is 17.0 Å². The van der Waals surface area contributed by atoms with E-state index in [1.165, 1.54) is 0 Å². The van der Waals surface area contributed by atoms with Crippen LogP contribution in [0, 0.1) is 6.92 Å². The van der Waals surface area contributed by atoms with Gasteiger partial charge in [-0.05, 0) is 18.9 Å². The first-order valence-corrected chi connectivity index (χ1v) is 4.50. The van der Waals surface area contributed by atoms with Gasteiger partial charge in [-0.2, -0.15) is 5.10 Å². The molecule has 0 aliphatic rings. The molecule has 2 aromatic rings. The molecule has 0 radical (unpaired) electrons. The molecule has 0 saturated heterocycles. The predicted octanol–water partition coefficient (Wildman–Crippen LogP) is 2.16. The van der Waals surface area contributed by atoms with Crippen molar-refractivity contribution in [1.82, 2.24) is 14.6 Å². The van der Waals surface area contributed by atoms with Gasteiger partial charge in [0.05, 0.1) is 6.20 Å². The lowest BCUT2D eigenvalue weighted by atomic mass is 10.1. The number of hydrogen-bond acceptors (Lipinski definition) is 2. The van der Waals surface area contributed by atoms with Crippen LogP contribution in [-0.2, 0) is 0 Å². The fraction of sp³-hybridized carbons (Fsp3) is 0.400. The maximum atomic E-state index is 4.50. The molecule has 0 unspecified atom stereocenters. The highest BCUT2D eigenvalue weighted by Gasteiger charge is 2.05. The molecule has 0 bridgehead atoms. The van der Waals surface area contributed by atoms with Crippen LogP contribution in [0.5, 0.6) is 0 Å². The molecule has 2 aromatic heterocycles. The Hall–Kier alpha value is -1.38. The van der Waals surface area contributed by atoms with Crippen LogP contribution in [0.25, 0.3) is 5.65 Å². The number of rotatable bonds is 1. The second kappa shape index (κ2) is 2.83. The quantitative estimate of drug-likeness (QED) is 0.664. The third kappa shape index (κ3) is 1.30. The number of aromatic nitrogens is 3. The summed E-state index contributed by atoms with van der Waals surface area (Å²) in [6.45, 7) is 6.34. The summed E-state index contributed by atoms with van der Waals surface area (Å²) in [6.07, 6.45) is 1.78. The van der Waals surface area contributed by atoms with Crippen LogP contribution in [-0.4, -0.2) is 14.6 Å². The highest BCUT2D eigenvalue weighted by Crippen LogP contribution is 2.14. The van der Waals surface area contributed by atoms with E-state index in [1.807, 2.05) is 17.5 Å². The topological polar surface area (TPSA) is 30.2 Å². The molecular formula is C10H13N3. The maximum absolute atomic E-state index is 4.50. The van der Waals surface area contributed by atoms with Gasteiger partial charge in [-0.1, -0.05) is 13.8 Å². The Morgan fingerprint density at radius 2 is 2.15 bits per heavy atom. The third-order valence-corrected chi connectivity index (χ3v) is 2.15. The van der Waals surface area contributed by atoms with E-state index in [2.05, 4.69) is 30.0 Å². The van der Waals surface area contributed by atoms with Gasteiger partial charge in [-0.25, -0.2) is 9.50 Å². The molecule has 0 spiro atoms. The lowest BCUT2D eigenvalue weighted by Gasteiger charge is -2.06. The molecule has 68 valence electrons. The molecule has 0 aromatic carbocycles. The minimum Gasteiger partial charge on any atom is -0.233 e. The Balaban J connectivity index is 2.70. The molecule has 0 saturated carbocycles. The average molecular weight is 175 g/mol. The van der Waals surface area contributed by atoms with E-state index in [9.17, 15) is 0 Å². The monoisotopic (exact) mass is 175 g/mol. The summed E-state index contributed by atoms with van der Waals surface area (Å²) in [5, 5.41) is 4.17. The smallest absolute Gasteiger partial charge is 0.155 e. The highest BCUT2D eigenvalue weighted by molar-refractivity contribution is 5.39. The van der Waals surface area contributed by atoms with Gasteiger partial charge in [0.1, 0.15) is 0 Å². The van der Waals surface area contributed by atoms with Gasteiger partial charge in [0, 0.05) is 17.5 Å². The van der Waals surface area contributed by atoms with Crippen LogP contribution < -0.4 is 0 Å². The van der Waals surface area contributed by atoms with E-state index in [0.29, 0.717) is 5.92 Å². The molecule has 0 aliphatic heterocycles. The fourth-order valence-electron chi connectivity index (χ4n) is 1.39. The van der Waals surface area contributed by atoms with Crippen molar-refractivity contribution in [3.63, 3.8) is 0 Å². The van der Waals surface area contributed by atoms with E-state index < -0.39 is 0 Å². The fourth-order valence-corrected chi connectivity index (χ4v) is 1.39. The predicted molar refractivity (Wildman–Crippen MR) is 51.8 cm³/mol. The molecule has 2 heterocycles. The molecule has 0 fully saturated rings. The largest absolute Gasteiger partial charge is 0.233 e. The van der Waals surface area contributed by atoms with Crippen molar-refractivity contribution in [2.45, 2.75) is 26.7 Å². The molecule has 0 aliphatic carbocycles. The molecular weight excluding hydrogens is 162 g/mol. The molecule has 0 amide bonds. The summed E-state index contributed by atoms with van der Waals surface area (Å²) in [5.41, 5.74) is 3.20. The van der Waals surface area contributed by atoms with Crippen LogP contribution in [0.2, 0.25) is 0 Å². The second-order valence-electron chi connectivity index (χ2n) is 3.58. The Kier molecular flexibility index (Phi) is 1.79. The van der Waals surface area contributed by atoms with Crippen molar-refractivity contribution in [2.75, 3.05) is 0 Å². The molecule has 0 N–H and O–H groups in total. The summed E-state index contributed by atoms with van der Waals surface area (Å²) < 4.78 is 1.85. The number of nitrogens with zero attached hydrogens (tertiary/aromatic N) is 3.